The molecule has 230 valence electrons. The highest BCUT2D eigenvalue weighted by Crippen LogP contribution is 2.26. The number of aryl methyl sites for hydroxylation is 1. The lowest BCUT2D eigenvalue weighted by molar-refractivity contribution is -0.140. The molecule has 9 heteroatoms. The van der Waals surface area contributed by atoms with E-state index in [1.54, 1.807) is 36.4 Å². The predicted octanol–water partition coefficient (Wildman–Crippen LogP) is 5.36. The van der Waals surface area contributed by atoms with E-state index >= 15 is 0 Å². The van der Waals surface area contributed by atoms with Crippen molar-refractivity contribution in [3.8, 4) is 5.75 Å². The van der Waals surface area contributed by atoms with E-state index in [1.165, 1.54) is 24.1 Å². The normalized spacial score (nSPS) is 11.9. The number of benzene rings is 4. The number of hydrogen-bond acceptors (Lipinski definition) is 5. The highest BCUT2D eigenvalue weighted by Gasteiger charge is 2.34. The number of rotatable bonds is 13. The topological polar surface area (TPSA) is 96.0 Å². The average molecular weight is 614 g/mol. The first-order valence-electron chi connectivity index (χ1n) is 14.5. The van der Waals surface area contributed by atoms with Crippen molar-refractivity contribution in [3.63, 3.8) is 0 Å². The molecule has 0 saturated heterocycles. The number of nitrogens with zero attached hydrogens (tertiary/aromatic N) is 2. The lowest BCUT2D eigenvalue weighted by Gasteiger charge is -2.34. The van der Waals surface area contributed by atoms with E-state index in [4.69, 9.17) is 4.74 Å². The van der Waals surface area contributed by atoms with E-state index in [2.05, 4.69) is 5.32 Å². The minimum atomic E-state index is -4.19. The third-order valence-corrected chi connectivity index (χ3v) is 8.93. The van der Waals surface area contributed by atoms with Gasteiger partial charge in [0.2, 0.25) is 11.8 Å². The Labute approximate surface area is 260 Å². The molecule has 0 bridgehead atoms. The molecule has 1 unspecified atom stereocenters. The van der Waals surface area contributed by atoms with Crippen molar-refractivity contribution < 1.29 is 22.7 Å². The van der Waals surface area contributed by atoms with Gasteiger partial charge in [-0.05, 0) is 68.3 Å². The molecule has 4 rings (SSSR count). The van der Waals surface area contributed by atoms with Crippen LogP contribution in [0, 0.1) is 6.92 Å². The first kappa shape index (κ1) is 32.3. The van der Waals surface area contributed by atoms with Crippen molar-refractivity contribution in [2.24, 2.45) is 0 Å². The second-order valence-corrected chi connectivity index (χ2v) is 12.8. The van der Waals surface area contributed by atoms with Gasteiger partial charge in [0.1, 0.15) is 18.3 Å². The lowest BCUT2D eigenvalue weighted by Crippen LogP contribution is -2.54. The Balaban J connectivity index is 1.78. The van der Waals surface area contributed by atoms with Crippen molar-refractivity contribution in [3.05, 3.63) is 126 Å². The van der Waals surface area contributed by atoms with Gasteiger partial charge in [-0.15, -0.1) is 0 Å². The minimum Gasteiger partial charge on any atom is -0.497 e. The number of ether oxygens (including phenoxy) is 1. The van der Waals surface area contributed by atoms with Crippen LogP contribution in [-0.2, 0) is 32.6 Å². The lowest BCUT2D eigenvalue weighted by atomic mass is 10.0. The smallest absolute Gasteiger partial charge is 0.264 e. The molecule has 2 amide bonds. The summed E-state index contributed by atoms with van der Waals surface area (Å²) in [6.07, 6.45) is 0.258. The second kappa shape index (κ2) is 14.7. The Kier molecular flexibility index (Phi) is 10.8. The molecule has 4 aromatic carbocycles. The summed E-state index contributed by atoms with van der Waals surface area (Å²) in [5.41, 5.74) is 2.98. The molecule has 0 fully saturated rings. The third-order valence-electron chi connectivity index (χ3n) is 7.15. The van der Waals surface area contributed by atoms with Crippen LogP contribution >= 0.6 is 0 Å². The van der Waals surface area contributed by atoms with Crippen molar-refractivity contribution in [1.29, 1.82) is 0 Å². The summed E-state index contributed by atoms with van der Waals surface area (Å²) in [6, 6.07) is 30.8. The fourth-order valence-electron chi connectivity index (χ4n) is 4.83. The summed E-state index contributed by atoms with van der Waals surface area (Å²) in [5.74, 6) is -0.310. The number of sulfonamides is 1. The molecule has 0 saturated carbocycles. The highest BCUT2D eigenvalue weighted by atomic mass is 32.2. The molecule has 1 atom stereocenters. The van der Waals surface area contributed by atoms with Crippen LogP contribution in [0.25, 0.3) is 0 Å². The van der Waals surface area contributed by atoms with E-state index in [9.17, 15) is 18.0 Å². The Morgan fingerprint density at radius 3 is 1.91 bits per heavy atom. The SMILES string of the molecule is COc1ccc(S(=O)(=O)N(CC(=O)N(Cc2ccccc2)C(Cc2ccccc2)C(=O)NC(C)C)c2ccc(C)cc2)cc1. The summed E-state index contributed by atoms with van der Waals surface area (Å²) in [4.78, 5) is 29.6. The number of amides is 2. The highest BCUT2D eigenvalue weighted by molar-refractivity contribution is 7.92. The maximum Gasteiger partial charge on any atom is 0.264 e. The van der Waals surface area contributed by atoms with E-state index in [-0.39, 0.29) is 29.8 Å². The molecule has 0 aromatic heterocycles. The number of hydrogen-bond donors (Lipinski definition) is 1. The number of anilines is 1. The van der Waals surface area contributed by atoms with Crippen LogP contribution in [0.4, 0.5) is 5.69 Å². The summed E-state index contributed by atoms with van der Waals surface area (Å²) in [6.45, 7) is 5.24. The van der Waals surface area contributed by atoms with Gasteiger partial charge >= 0.3 is 0 Å². The zero-order valence-electron chi connectivity index (χ0n) is 25.5. The number of carbonyl (C=O) groups is 2. The van der Waals surface area contributed by atoms with Gasteiger partial charge in [-0.3, -0.25) is 13.9 Å². The zero-order valence-corrected chi connectivity index (χ0v) is 26.3. The molecule has 4 aromatic rings. The molecule has 0 aliphatic rings. The van der Waals surface area contributed by atoms with E-state index in [1.807, 2.05) is 81.4 Å². The van der Waals surface area contributed by atoms with Crippen LogP contribution < -0.4 is 14.4 Å². The van der Waals surface area contributed by atoms with Crippen LogP contribution in [0.2, 0.25) is 0 Å². The van der Waals surface area contributed by atoms with Crippen LogP contribution in [0.3, 0.4) is 0 Å². The van der Waals surface area contributed by atoms with Gasteiger partial charge < -0.3 is 15.0 Å². The second-order valence-electron chi connectivity index (χ2n) is 10.9. The van der Waals surface area contributed by atoms with Crippen LogP contribution in [-0.4, -0.2) is 50.9 Å². The van der Waals surface area contributed by atoms with Crippen molar-refractivity contribution in [1.82, 2.24) is 10.2 Å². The van der Waals surface area contributed by atoms with Gasteiger partial charge in [-0.1, -0.05) is 78.4 Å². The maximum absolute atomic E-state index is 14.4. The number of carbonyl (C=O) groups excluding carboxylic acids is 2. The van der Waals surface area contributed by atoms with Crippen molar-refractivity contribution in [2.75, 3.05) is 18.0 Å². The largest absolute Gasteiger partial charge is 0.497 e. The molecule has 8 nitrogen and oxygen atoms in total. The maximum atomic E-state index is 14.4. The van der Waals surface area contributed by atoms with Gasteiger partial charge in [0.25, 0.3) is 10.0 Å². The molecule has 0 aliphatic carbocycles. The Hall–Kier alpha value is -4.63. The number of methoxy groups -OCH3 is 1. The van der Waals surface area contributed by atoms with Gasteiger partial charge in [0, 0.05) is 19.0 Å². The molecule has 0 radical (unpaired) electrons. The molecular formula is C35H39N3O5S. The fraction of sp³-hybridized carbons (Fsp3) is 0.257. The Morgan fingerprint density at radius 2 is 1.36 bits per heavy atom. The van der Waals surface area contributed by atoms with Crippen LogP contribution in [0.15, 0.2) is 114 Å². The van der Waals surface area contributed by atoms with Crippen LogP contribution in [0.1, 0.15) is 30.5 Å². The average Bonchev–Trinajstić information content (AvgIpc) is 3.02. The van der Waals surface area contributed by atoms with E-state index in [0.29, 0.717) is 11.4 Å². The Morgan fingerprint density at radius 1 is 0.795 bits per heavy atom. The van der Waals surface area contributed by atoms with Crippen molar-refractivity contribution in [2.45, 2.75) is 50.7 Å². The fourth-order valence-corrected chi connectivity index (χ4v) is 6.24. The van der Waals surface area contributed by atoms with Gasteiger partial charge in [-0.25, -0.2) is 8.42 Å². The van der Waals surface area contributed by atoms with E-state index < -0.39 is 28.5 Å². The number of nitrogens with one attached hydrogen (secondary N) is 1. The minimum absolute atomic E-state index is 0.0136. The first-order chi connectivity index (χ1) is 21.1. The molecular weight excluding hydrogens is 574 g/mol. The quantitative estimate of drug-likeness (QED) is 0.219. The summed E-state index contributed by atoms with van der Waals surface area (Å²) >= 11 is 0. The molecule has 0 heterocycles. The molecule has 44 heavy (non-hydrogen) atoms. The standard InChI is InChI=1S/C35H39N3O5S/c1-26(2)36-35(40)33(23-28-11-7-5-8-12-28)37(24-29-13-9-6-10-14-29)34(39)25-38(30-17-15-27(3)16-18-30)44(41,42)32-21-19-31(43-4)20-22-32/h5-22,26,33H,23-25H2,1-4H3,(H,36,40). The Bertz CT molecular complexity index is 1630. The predicted molar refractivity (Wildman–Crippen MR) is 173 cm³/mol. The summed E-state index contributed by atoms with van der Waals surface area (Å²) in [7, 11) is -2.68. The van der Waals surface area contributed by atoms with Gasteiger partial charge in [0.05, 0.1) is 17.7 Å². The summed E-state index contributed by atoms with van der Waals surface area (Å²) in [5, 5.41) is 2.97. The van der Waals surface area contributed by atoms with E-state index in [0.717, 1.165) is 21.0 Å². The monoisotopic (exact) mass is 613 g/mol. The van der Waals surface area contributed by atoms with Crippen molar-refractivity contribution >= 4 is 27.5 Å². The molecule has 1 N–H and O–H groups in total. The molecule has 0 aliphatic heterocycles. The zero-order chi connectivity index (χ0) is 31.7. The van der Waals surface area contributed by atoms with Gasteiger partial charge in [0.15, 0.2) is 0 Å². The van der Waals surface area contributed by atoms with Gasteiger partial charge in [-0.2, -0.15) is 0 Å². The van der Waals surface area contributed by atoms with Crippen LogP contribution in [0.5, 0.6) is 5.75 Å². The summed E-state index contributed by atoms with van der Waals surface area (Å²) < 4.78 is 34.5. The third kappa shape index (κ3) is 8.26. The first-order valence-corrected chi connectivity index (χ1v) is 15.9. The molecule has 0 spiro atoms.